The van der Waals surface area contributed by atoms with Gasteiger partial charge in [0.25, 0.3) is 0 Å². The van der Waals surface area contributed by atoms with E-state index in [9.17, 15) is 0 Å². The monoisotopic (exact) mass is 160 g/mol. The minimum absolute atomic E-state index is 0.686. The molecule has 1 aliphatic carbocycles. The Morgan fingerprint density at radius 3 is 3.08 bits per heavy atom. The van der Waals surface area contributed by atoms with E-state index >= 15 is 0 Å². The van der Waals surface area contributed by atoms with Crippen LogP contribution in [0.25, 0.3) is 11.2 Å². The third kappa shape index (κ3) is 0.826. The summed E-state index contributed by atoms with van der Waals surface area (Å²) >= 11 is 0. The lowest BCUT2D eigenvalue weighted by Crippen LogP contribution is -1.85. The van der Waals surface area contributed by atoms with E-state index in [0.717, 1.165) is 16.9 Å². The summed E-state index contributed by atoms with van der Waals surface area (Å²) in [4.78, 5) is 8.40. The highest BCUT2D eigenvalue weighted by Crippen LogP contribution is 2.39. The Hall–Kier alpha value is -1.38. The van der Waals surface area contributed by atoms with Crippen LogP contribution >= 0.6 is 0 Å². The molecule has 2 aromatic heterocycles. The third-order valence-electron chi connectivity index (χ3n) is 2.21. The molecule has 0 bridgehead atoms. The van der Waals surface area contributed by atoms with Crippen LogP contribution in [0.1, 0.15) is 24.5 Å². The van der Waals surface area contributed by atoms with E-state index < -0.39 is 0 Å². The fourth-order valence-corrected chi connectivity index (χ4v) is 1.37. The molecule has 2 aromatic rings. The number of hydrogen-bond acceptors (Lipinski definition) is 3. The number of rotatable bonds is 1. The van der Waals surface area contributed by atoms with E-state index in [1.165, 1.54) is 19.2 Å². The molecule has 3 nitrogen and oxygen atoms in total. The summed E-state index contributed by atoms with van der Waals surface area (Å²) in [5.41, 5.74) is 2.68. The van der Waals surface area contributed by atoms with Crippen LogP contribution in [0.15, 0.2) is 22.9 Å². The zero-order chi connectivity index (χ0) is 7.97. The molecule has 60 valence electrons. The third-order valence-corrected chi connectivity index (χ3v) is 2.21. The van der Waals surface area contributed by atoms with Gasteiger partial charge in [-0.25, -0.2) is 4.98 Å². The average molecular weight is 160 g/mol. The number of oxazole rings is 1. The Kier molecular flexibility index (Phi) is 1.06. The molecule has 0 atom stereocenters. The second kappa shape index (κ2) is 2.06. The van der Waals surface area contributed by atoms with Gasteiger partial charge in [-0.3, -0.25) is 0 Å². The molecule has 0 unspecified atom stereocenters. The van der Waals surface area contributed by atoms with Gasteiger partial charge >= 0.3 is 0 Å². The highest BCUT2D eigenvalue weighted by atomic mass is 16.3. The minimum Gasteiger partial charge on any atom is -0.442 e. The van der Waals surface area contributed by atoms with Gasteiger partial charge in [0.15, 0.2) is 17.6 Å². The topological polar surface area (TPSA) is 38.9 Å². The molecule has 0 aliphatic heterocycles. The first-order valence-corrected chi connectivity index (χ1v) is 4.13. The zero-order valence-electron chi connectivity index (χ0n) is 6.53. The Morgan fingerprint density at radius 1 is 1.33 bits per heavy atom. The summed E-state index contributed by atoms with van der Waals surface area (Å²) < 4.78 is 5.10. The van der Waals surface area contributed by atoms with Crippen molar-refractivity contribution in [2.45, 2.75) is 18.8 Å². The average Bonchev–Trinajstić information content (AvgIpc) is 2.84. The van der Waals surface area contributed by atoms with Crippen LogP contribution in [-0.4, -0.2) is 9.97 Å². The number of fused-ring (bicyclic) bond motifs is 1. The molecule has 2 heterocycles. The summed E-state index contributed by atoms with van der Waals surface area (Å²) in [6, 6.07) is 3.98. The standard InChI is InChI=1S/C9H8N2O/c1-2-6(1)7-3-4-8-9(11-7)10-5-12-8/h3-6H,1-2H2. The Morgan fingerprint density at radius 2 is 2.25 bits per heavy atom. The fraction of sp³-hybridized carbons (Fsp3) is 0.333. The first-order chi connectivity index (χ1) is 5.93. The van der Waals surface area contributed by atoms with Gasteiger partial charge < -0.3 is 4.42 Å². The van der Waals surface area contributed by atoms with Crippen LogP contribution in [0.5, 0.6) is 0 Å². The van der Waals surface area contributed by atoms with Gasteiger partial charge in [-0.05, 0) is 25.0 Å². The van der Waals surface area contributed by atoms with E-state index in [0.29, 0.717) is 5.92 Å². The molecule has 0 saturated heterocycles. The van der Waals surface area contributed by atoms with E-state index in [4.69, 9.17) is 4.42 Å². The first-order valence-electron chi connectivity index (χ1n) is 4.13. The lowest BCUT2D eigenvalue weighted by Gasteiger charge is -1.93. The van der Waals surface area contributed by atoms with Gasteiger partial charge in [-0.1, -0.05) is 0 Å². The molecule has 0 amide bonds. The minimum atomic E-state index is 0.686. The molecule has 0 radical (unpaired) electrons. The zero-order valence-corrected chi connectivity index (χ0v) is 6.53. The Labute approximate surface area is 69.4 Å². The van der Waals surface area contributed by atoms with Crippen molar-refractivity contribution in [2.24, 2.45) is 0 Å². The maximum Gasteiger partial charge on any atom is 0.198 e. The predicted molar refractivity (Wildman–Crippen MR) is 43.8 cm³/mol. The van der Waals surface area contributed by atoms with Crippen LogP contribution in [0.2, 0.25) is 0 Å². The van der Waals surface area contributed by atoms with Crippen molar-refractivity contribution in [3.63, 3.8) is 0 Å². The number of hydrogen-bond donors (Lipinski definition) is 0. The van der Waals surface area contributed by atoms with Crippen LogP contribution in [-0.2, 0) is 0 Å². The Bertz CT molecular complexity index is 417. The lowest BCUT2D eigenvalue weighted by molar-refractivity contribution is 0.602. The SMILES string of the molecule is c1nc2nc(C3CC3)ccc2o1. The van der Waals surface area contributed by atoms with Crippen LogP contribution < -0.4 is 0 Å². The van der Waals surface area contributed by atoms with Crippen LogP contribution in [0.4, 0.5) is 0 Å². The van der Waals surface area contributed by atoms with Crippen molar-refractivity contribution in [3.8, 4) is 0 Å². The normalized spacial score (nSPS) is 17.0. The maximum atomic E-state index is 5.10. The molecule has 3 rings (SSSR count). The van der Waals surface area contributed by atoms with E-state index in [1.54, 1.807) is 0 Å². The number of nitrogens with zero attached hydrogens (tertiary/aromatic N) is 2. The Balaban J connectivity index is 2.21. The quantitative estimate of drug-likeness (QED) is 0.641. The fourth-order valence-electron chi connectivity index (χ4n) is 1.37. The van der Waals surface area contributed by atoms with Gasteiger partial charge in [-0.2, -0.15) is 4.98 Å². The summed E-state index contributed by atoms with van der Waals surface area (Å²) in [6.07, 6.45) is 3.99. The van der Waals surface area contributed by atoms with Gasteiger partial charge in [0, 0.05) is 11.6 Å². The molecular formula is C9H8N2O. The molecule has 1 aliphatic rings. The molecule has 0 N–H and O–H groups in total. The summed E-state index contributed by atoms with van der Waals surface area (Å²) in [5, 5.41) is 0. The first kappa shape index (κ1) is 6.17. The molecule has 0 spiro atoms. The van der Waals surface area contributed by atoms with E-state index in [1.807, 2.05) is 12.1 Å². The van der Waals surface area contributed by atoms with E-state index in [2.05, 4.69) is 9.97 Å². The summed E-state index contributed by atoms with van der Waals surface area (Å²) in [5.74, 6) is 0.686. The lowest BCUT2D eigenvalue weighted by atomic mass is 10.2. The molecule has 3 heteroatoms. The molecule has 1 fully saturated rings. The van der Waals surface area contributed by atoms with Crippen LogP contribution in [0.3, 0.4) is 0 Å². The summed E-state index contributed by atoms with van der Waals surface area (Å²) in [7, 11) is 0. The van der Waals surface area contributed by atoms with Crippen molar-refractivity contribution < 1.29 is 4.42 Å². The second-order valence-electron chi connectivity index (χ2n) is 3.18. The summed E-state index contributed by atoms with van der Waals surface area (Å²) in [6.45, 7) is 0. The number of pyridine rings is 1. The highest BCUT2D eigenvalue weighted by molar-refractivity contribution is 5.67. The second-order valence-corrected chi connectivity index (χ2v) is 3.18. The molecule has 12 heavy (non-hydrogen) atoms. The van der Waals surface area contributed by atoms with Crippen molar-refractivity contribution in [3.05, 3.63) is 24.2 Å². The van der Waals surface area contributed by atoms with Crippen molar-refractivity contribution in [1.29, 1.82) is 0 Å². The van der Waals surface area contributed by atoms with Gasteiger partial charge in [0.1, 0.15) is 0 Å². The largest absolute Gasteiger partial charge is 0.442 e. The van der Waals surface area contributed by atoms with E-state index in [-0.39, 0.29) is 0 Å². The van der Waals surface area contributed by atoms with Crippen molar-refractivity contribution in [2.75, 3.05) is 0 Å². The van der Waals surface area contributed by atoms with Crippen molar-refractivity contribution >= 4 is 11.2 Å². The molecule has 0 aromatic carbocycles. The smallest absolute Gasteiger partial charge is 0.198 e. The van der Waals surface area contributed by atoms with Gasteiger partial charge in [0.05, 0.1) is 0 Å². The predicted octanol–water partition coefficient (Wildman–Crippen LogP) is 2.10. The van der Waals surface area contributed by atoms with Crippen LogP contribution in [0, 0.1) is 0 Å². The van der Waals surface area contributed by atoms with Gasteiger partial charge in [0.2, 0.25) is 0 Å². The highest BCUT2D eigenvalue weighted by Gasteiger charge is 2.25. The van der Waals surface area contributed by atoms with Crippen molar-refractivity contribution in [1.82, 2.24) is 9.97 Å². The molecular weight excluding hydrogens is 152 g/mol. The van der Waals surface area contributed by atoms with Gasteiger partial charge in [-0.15, -0.1) is 0 Å². The molecule has 1 saturated carbocycles. The maximum absolute atomic E-state index is 5.10. The number of aromatic nitrogens is 2.